The Kier molecular flexibility index (Phi) is 2.56. The molecule has 86 valence electrons. The summed E-state index contributed by atoms with van der Waals surface area (Å²) in [7, 11) is 0. The molecular formula is C11H16Br2O2. The molecule has 0 saturated heterocycles. The van der Waals surface area contributed by atoms with Crippen LogP contribution >= 0.6 is 31.9 Å². The van der Waals surface area contributed by atoms with Gasteiger partial charge in [0.15, 0.2) is 0 Å². The van der Waals surface area contributed by atoms with Crippen molar-refractivity contribution < 1.29 is 9.90 Å². The molecule has 2 bridgehead atoms. The number of aliphatic carboxylic acids is 1. The third-order valence-electron chi connectivity index (χ3n) is 4.91. The smallest absolute Gasteiger partial charge is 0.311 e. The predicted octanol–water partition coefficient (Wildman–Crippen LogP) is 3.43. The van der Waals surface area contributed by atoms with Gasteiger partial charge in [-0.15, -0.1) is 0 Å². The monoisotopic (exact) mass is 338 g/mol. The summed E-state index contributed by atoms with van der Waals surface area (Å²) in [4.78, 5) is 11.6. The summed E-state index contributed by atoms with van der Waals surface area (Å²) in [6.45, 7) is 4.38. The highest BCUT2D eigenvalue weighted by atomic mass is 79.9. The molecule has 0 spiro atoms. The number of carboxylic acids is 1. The fourth-order valence-electron chi connectivity index (χ4n) is 3.63. The average Bonchev–Trinajstić information content (AvgIpc) is 2.67. The van der Waals surface area contributed by atoms with Crippen LogP contribution in [0.5, 0.6) is 0 Å². The summed E-state index contributed by atoms with van der Waals surface area (Å²) in [6.07, 6.45) is 2.69. The van der Waals surface area contributed by atoms with Gasteiger partial charge >= 0.3 is 5.97 Å². The van der Waals surface area contributed by atoms with Crippen LogP contribution in [0.15, 0.2) is 0 Å². The minimum atomic E-state index is -0.633. The zero-order valence-corrected chi connectivity index (χ0v) is 12.2. The Morgan fingerprint density at radius 2 is 2.13 bits per heavy atom. The van der Waals surface area contributed by atoms with Crippen LogP contribution in [0.2, 0.25) is 0 Å². The molecule has 2 saturated carbocycles. The summed E-state index contributed by atoms with van der Waals surface area (Å²) in [5.74, 6) is -0.0996. The van der Waals surface area contributed by atoms with Crippen LogP contribution in [0.1, 0.15) is 33.1 Å². The van der Waals surface area contributed by atoms with E-state index in [1.165, 1.54) is 0 Å². The van der Waals surface area contributed by atoms with Crippen molar-refractivity contribution in [3.05, 3.63) is 0 Å². The van der Waals surface area contributed by atoms with E-state index in [-0.39, 0.29) is 9.74 Å². The van der Waals surface area contributed by atoms with Crippen LogP contribution in [0, 0.1) is 16.7 Å². The molecule has 3 atom stereocenters. The third kappa shape index (κ3) is 1.13. The van der Waals surface area contributed by atoms with Crippen molar-refractivity contribution in [3.8, 4) is 0 Å². The van der Waals surface area contributed by atoms with Crippen molar-refractivity contribution in [1.29, 1.82) is 0 Å². The van der Waals surface area contributed by atoms with E-state index in [2.05, 4.69) is 45.7 Å². The van der Waals surface area contributed by atoms with E-state index < -0.39 is 11.4 Å². The molecule has 0 amide bonds. The average molecular weight is 340 g/mol. The fraction of sp³-hybridized carbons (Fsp3) is 0.909. The van der Waals surface area contributed by atoms with E-state index in [1.54, 1.807) is 0 Å². The SMILES string of the molecule is CC1(C)[C@H]2CC[C@](C(=O)O)(C2)[C@]1(Br)CBr. The fourth-order valence-corrected chi connectivity index (χ4v) is 5.74. The van der Waals surface area contributed by atoms with Crippen LogP contribution in [0.3, 0.4) is 0 Å². The largest absolute Gasteiger partial charge is 0.481 e. The molecule has 0 aromatic carbocycles. The number of halogens is 2. The lowest BCUT2D eigenvalue weighted by molar-refractivity contribution is -0.150. The second-order valence-corrected chi connectivity index (χ2v) is 7.40. The topological polar surface area (TPSA) is 37.3 Å². The molecule has 2 aliphatic carbocycles. The van der Waals surface area contributed by atoms with Crippen LogP contribution in [0.4, 0.5) is 0 Å². The minimum absolute atomic E-state index is 0.0488. The number of carbonyl (C=O) groups is 1. The molecule has 2 aliphatic rings. The van der Waals surface area contributed by atoms with Gasteiger partial charge in [-0.2, -0.15) is 0 Å². The highest BCUT2D eigenvalue weighted by molar-refractivity contribution is 9.12. The van der Waals surface area contributed by atoms with Gasteiger partial charge in [0.25, 0.3) is 0 Å². The van der Waals surface area contributed by atoms with Gasteiger partial charge in [-0.25, -0.2) is 0 Å². The normalized spacial score (nSPS) is 47.1. The van der Waals surface area contributed by atoms with Crippen molar-refractivity contribution in [3.63, 3.8) is 0 Å². The molecule has 0 radical (unpaired) electrons. The van der Waals surface area contributed by atoms with Crippen LogP contribution in [-0.4, -0.2) is 20.7 Å². The van der Waals surface area contributed by atoms with Gasteiger partial charge in [0.2, 0.25) is 0 Å². The summed E-state index contributed by atoms with van der Waals surface area (Å²) >= 11 is 7.26. The van der Waals surface area contributed by atoms with Gasteiger partial charge in [0, 0.05) is 5.33 Å². The molecule has 0 aromatic heterocycles. The van der Waals surface area contributed by atoms with E-state index in [0.29, 0.717) is 11.2 Å². The molecule has 0 aliphatic heterocycles. The van der Waals surface area contributed by atoms with E-state index >= 15 is 0 Å². The maximum Gasteiger partial charge on any atom is 0.311 e. The minimum Gasteiger partial charge on any atom is -0.481 e. The van der Waals surface area contributed by atoms with Crippen LogP contribution in [0.25, 0.3) is 0 Å². The number of rotatable bonds is 2. The van der Waals surface area contributed by atoms with Gasteiger partial charge < -0.3 is 5.11 Å². The lowest BCUT2D eigenvalue weighted by atomic mass is 9.64. The Morgan fingerprint density at radius 3 is 2.53 bits per heavy atom. The number of fused-ring (bicyclic) bond motifs is 2. The van der Waals surface area contributed by atoms with Crippen molar-refractivity contribution in [2.45, 2.75) is 37.4 Å². The first-order chi connectivity index (χ1) is 6.82. The zero-order valence-electron chi connectivity index (χ0n) is 9.02. The number of hydrogen-bond acceptors (Lipinski definition) is 1. The van der Waals surface area contributed by atoms with E-state index in [0.717, 1.165) is 19.3 Å². The van der Waals surface area contributed by atoms with E-state index in [1.807, 2.05) is 0 Å². The van der Waals surface area contributed by atoms with Crippen LogP contribution < -0.4 is 0 Å². The van der Waals surface area contributed by atoms with E-state index in [9.17, 15) is 9.90 Å². The molecule has 2 rings (SSSR count). The predicted molar refractivity (Wildman–Crippen MR) is 66.6 cm³/mol. The second-order valence-electron chi connectivity index (χ2n) is 5.48. The summed E-state index contributed by atoms with van der Waals surface area (Å²) in [6, 6.07) is 0. The molecule has 15 heavy (non-hydrogen) atoms. The Bertz CT molecular complexity index is 316. The maximum absolute atomic E-state index is 11.6. The molecule has 2 nitrogen and oxygen atoms in total. The maximum atomic E-state index is 11.6. The Hall–Kier alpha value is 0.430. The Labute approximate surface area is 107 Å². The van der Waals surface area contributed by atoms with Crippen molar-refractivity contribution in [1.82, 2.24) is 0 Å². The summed E-state index contributed by atoms with van der Waals surface area (Å²) in [5.41, 5.74) is -0.516. The Balaban J connectivity index is 2.54. The van der Waals surface area contributed by atoms with Crippen LogP contribution in [-0.2, 0) is 4.79 Å². The lowest BCUT2D eigenvalue weighted by Gasteiger charge is -2.49. The lowest BCUT2D eigenvalue weighted by Crippen LogP contribution is -2.55. The van der Waals surface area contributed by atoms with Gasteiger partial charge in [-0.05, 0) is 30.6 Å². The highest BCUT2D eigenvalue weighted by Gasteiger charge is 2.72. The quantitative estimate of drug-likeness (QED) is 0.782. The van der Waals surface area contributed by atoms with Crippen molar-refractivity contribution in [2.24, 2.45) is 16.7 Å². The first kappa shape index (κ1) is 11.9. The van der Waals surface area contributed by atoms with Gasteiger partial charge in [0.05, 0.1) is 9.74 Å². The first-order valence-electron chi connectivity index (χ1n) is 5.30. The molecule has 0 heterocycles. The summed E-state index contributed by atoms with van der Waals surface area (Å²) < 4.78 is -0.304. The van der Waals surface area contributed by atoms with E-state index in [4.69, 9.17) is 0 Å². The van der Waals surface area contributed by atoms with Crippen molar-refractivity contribution >= 4 is 37.8 Å². The van der Waals surface area contributed by atoms with Gasteiger partial charge in [0.1, 0.15) is 0 Å². The number of hydrogen-bond donors (Lipinski definition) is 1. The zero-order chi connectivity index (χ0) is 11.5. The molecule has 1 N–H and O–H groups in total. The molecule has 0 aromatic rings. The van der Waals surface area contributed by atoms with Crippen molar-refractivity contribution in [2.75, 3.05) is 5.33 Å². The van der Waals surface area contributed by atoms with Gasteiger partial charge in [-0.3, -0.25) is 4.79 Å². The first-order valence-corrected chi connectivity index (χ1v) is 7.21. The molecule has 4 heteroatoms. The summed E-state index contributed by atoms with van der Waals surface area (Å²) in [5, 5.41) is 10.2. The molecular weight excluding hydrogens is 324 g/mol. The third-order valence-corrected chi connectivity index (χ3v) is 8.56. The highest BCUT2D eigenvalue weighted by Crippen LogP contribution is 2.71. The second kappa shape index (κ2) is 3.22. The molecule has 2 fully saturated rings. The standard InChI is InChI=1S/C11H16Br2O2/c1-9(2)7-3-4-10(5-7,8(14)15)11(9,13)6-12/h7H,3-6H2,1-2H3,(H,14,15)/t7-,10+,11-/m0/s1. The number of alkyl halides is 2. The molecule has 0 unspecified atom stereocenters. The van der Waals surface area contributed by atoms with Gasteiger partial charge in [-0.1, -0.05) is 45.7 Å². The number of carboxylic acid groups (broad SMARTS) is 1. The Morgan fingerprint density at radius 1 is 1.53 bits per heavy atom.